The largest absolute Gasteiger partial charge is 0.389 e. The molecule has 1 fully saturated rings. The molecule has 1 saturated heterocycles. The van der Waals surface area contributed by atoms with Crippen molar-refractivity contribution in [1.29, 1.82) is 0 Å². The number of aliphatic hydroxyl groups excluding tert-OH is 1. The predicted molar refractivity (Wildman–Crippen MR) is 97.9 cm³/mol. The average Bonchev–Trinajstić information content (AvgIpc) is 2.89. The Kier molecular flexibility index (Phi) is 4.45. The summed E-state index contributed by atoms with van der Waals surface area (Å²) < 4.78 is 0. The van der Waals surface area contributed by atoms with Crippen LogP contribution < -0.4 is 4.90 Å². The minimum Gasteiger partial charge on any atom is -0.389 e. The maximum atomic E-state index is 12.9. The van der Waals surface area contributed by atoms with E-state index in [1.54, 1.807) is 47.9 Å². The van der Waals surface area contributed by atoms with Gasteiger partial charge in [-0.15, -0.1) is 0 Å². The Morgan fingerprint density at radius 1 is 0.962 bits per heavy atom. The standard InChI is InChI=1S/C19H19N5O2/c25-16-12-23(15-3-5-20-6-4-15)9-10-24(13-16)19(26)14-1-2-17-18(11-14)22-8-7-21-17/h1-8,11,16,25H,9-10,12-13H2/t16-/m0/s1. The number of carbonyl (C=O) groups excluding carboxylic acids is 1. The van der Waals surface area contributed by atoms with Crippen LogP contribution in [0.3, 0.4) is 0 Å². The molecule has 2 aromatic heterocycles. The fourth-order valence-corrected chi connectivity index (χ4v) is 3.24. The molecule has 3 heterocycles. The van der Waals surface area contributed by atoms with E-state index in [0.717, 1.165) is 11.2 Å². The Morgan fingerprint density at radius 3 is 2.54 bits per heavy atom. The first-order valence-electron chi connectivity index (χ1n) is 8.54. The van der Waals surface area contributed by atoms with Crippen LogP contribution >= 0.6 is 0 Å². The second-order valence-corrected chi connectivity index (χ2v) is 6.32. The summed E-state index contributed by atoms with van der Waals surface area (Å²) in [6.45, 7) is 1.98. The van der Waals surface area contributed by atoms with Gasteiger partial charge in [-0.25, -0.2) is 0 Å². The molecule has 7 heteroatoms. The molecule has 1 amide bonds. The van der Waals surface area contributed by atoms with Crippen LogP contribution in [0.2, 0.25) is 0 Å². The van der Waals surface area contributed by atoms with Crippen LogP contribution in [0.15, 0.2) is 55.1 Å². The maximum absolute atomic E-state index is 12.9. The third kappa shape index (κ3) is 3.34. The number of rotatable bonds is 2. The number of aromatic nitrogens is 3. The molecule has 0 spiro atoms. The molecule has 1 atom stereocenters. The quantitative estimate of drug-likeness (QED) is 0.752. The van der Waals surface area contributed by atoms with Crippen LogP contribution in [0.5, 0.6) is 0 Å². The van der Waals surface area contributed by atoms with Gasteiger partial charge in [-0.05, 0) is 30.3 Å². The minimum atomic E-state index is -0.616. The first-order chi connectivity index (χ1) is 12.7. The number of pyridine rings is 1. The van der Waals surface area contributed by atoms with Crippen molar-refractivity contribution in [2.75, 3.05) is 31.1 Å². The van der Waals surface area contributed by atoms with Gasteiger partial charge in [0.05, 0.1) is 17.1 Å². The van der Waals surface area contributed by atoms with Crippen LogP contribution in [0.1, 0.15) is 10.4 Å². The van der Waals surface area contributed by atoms with Gasteiger partial charge in [0.1, 0.15) is 0 Å². The number of aliphatic hydroxyl groups is 1. The molecule has 0 bridgehead atoms. The number of carbonyl (C=O) groups is 1. The van der Waals surface area contributed by atoms with E-state index in [9.17, 15) is 9.90 Å². The van der Waals surface area contributed by atoms with Gasteiger partial charge in [0, 0.05) is 62.2 Å². The highest BCUT2D eigenvalue weighted by Gasteiger charge is 2.25. The number of hydrogen-bond acceptors (Lipinski definition) is 6. The van der Waals surface area contributed by atoms with E-state index < -0.39 is 6.10 Å². The van der Waals surface area contributed by atoms with Crippen molar-refractivity contribution in [3.05, 3.63) is 60.7 Å². The Morgan fingerprint density at radius 2 is 1.73 bits per heavy atom. The normalized spacial score (nSPS) is 18.0. The molecule has 26 heavy (non-hydrogen) atoms. The molecule has 0 aliphatic carbocycles. The Bertz CT molecular complexity index is 918. The maximum Gasteiger partial charge on any atom is 0.254 e. The molecule has 1 aliphatic heterocycles. The topological polar surface area (TPSA) is 82.5 Å². The lowest BCUT2D eigenvalue weighted by molar-refractivity contribution is 0.0674. The number of β-amino-alcohol motifs (C(OH)–C–C–N with tert-alkyl or cyclic N) is 1. The van der Waals surface area contributed by atoms with Crippen LogP contribution in [-0.2, 0) is 0 Å². The van der Waals surface area contributed by atoms with Crippen molar-refractivity contribution >= 4 is 22.6 Å². The highest BCUT2D eigenvalue weighted by atomic mass is 16.3. The lowest BCUT2D eigenvalue weighted by Gasteiger charge is -2.23. The number of fused-ring (bicyclic) bond motifs is 1. The predicted octanol–water partition coefficient (Wildman–Crippen LogP) is 1.35. The molecule has 0 saturated carbocycles. The molecule has 1 aromatic carbocycles. The molecule has 0 radical (unpaired) electrons. The zero-order valence-corrected chi connectivity index (χ0v) is 14.2. The number of anilines is 1. The molecule has 3 aromatic rings. The third-order valence-corrected chi connectivity index (χ3v) is 4.53. The van der Waals surface area contributed by atoms with Crippen molar-refractivity contribution < 1.29 is 9.90 Å². The van der Waals surface area contributed by atoms with Gasteiger partial charge in [0.25, 0.3) is 5.91 Å². The lowest BCUT2D eigenvalue weighted by atomic mass is 10.1. The summed E-state index contributed by atoms with van der Waals surface area (Å²) in [6.07, 6.45) is 6.08. The van der Waals surface area contributed by atoms with E-state index in [0.29, 0.717) is 37.3 Å². The van der Waals surface area contributed by atoms with E-state index in [4.69, 9.17) is 0 Å². The lowest BCUT2D eigenvalue weighted by Crippen LogP contribution is -2.37. The van der Waals surface area contributed by atoms with Crippen molar-refractivity contribution in [2.24, 2.45) is 0 Å². The molecular formula is C19H19N5O2. The fourth-order valence-electron chi connectivity index (χ4n) is 3.24. The van der Waals surface area contributed by atoms with Gasteiger partial charge < -0.3 is 14.9 Å². The van der Waals surface area contributed by atoms with Crippen LogP contribution in [0, 0.1) is 0 Å². The van der Waals surface area contributed by atoms with E-state index in [2.05, 4.69) is 19.9 Å². The summed E-state index contributed by atoms with van der Waals surface area (Å²) in [7, 11) is 0. The Hall–Kier alpha value is -3.06. The summed E-state index contributed by atoms with van der Waals surface area (Å²) >= 11 is 0. The van der Waals surface area contributed by atoms with Crippen LogP contribution in [-0.4, -0.2) is 63.1 Å². The van der Waals surface area contributed by atoms with Gasteiger partial charge in [-0.1, -0.05) is 0 Å². The van der Waals surface area contributed by atoms with Crippen molar-refractivity contribution in [3.8, 4) is 0 Å². The summed E-state index contributed by atoms with van der Waals surface area (Å²) in [5.41, 5.74) is 2.99. The Balaban J connectivity index is 1.54. The van der Waals surface area contributed by atoms with E-state index >= 15 is 0 Å². The fraction of sp³-hybridized carbons (Fsp3) is 0.263. The zero-order chi connectivity index (χ0) is 17.9. The van der Waals surface area contributed by atoms with Gasteiger partial charge in [0.15, 0.2) is 0 Å². The smallest absolute Gasteiger partial charge is 0.254 e. The minimum absolute atomic E-state index is 0.104. The highest BCUT2D eigenvalue weighted by Crippen LogP contribution is 2.18. The second kappa shape index (κ2) is 7.05. The zero-order valence-electron chi connectivity index (χ0n) is 14.2. The number of nitrogens with zero attached hydrogens (tertiary/aromatic N) is 5. The van der Waals surface area contributed by atoms with Gasteiger partial charge >= 0.3 is 0 Å². The molecule has 132 valence electrons. The third-order valence-electron chi connectivity index (χ3n) is 4.53. The van der Waals surface area contributed by atoms with Crippen molar-refractivity contribution in [3.63, 3.8) is 0 Å². The van der Waals surface area contributed by atoms with E-state index in [-0.39, 0.29) is 5.91 Å². The van der Waals surface area contributed by atoms with Gasteiger partial charge in [0.2, 0.25) is 0 Å². The highest BCUT2D eigenvalue weighted by molar-refractivity contribution is 5.97. The second-order valence-electron chi connectivity index (χ2n) is 6.32. The summed E-state index contributed by atoms with van der Waals surface area (Å²) in [6, 6.07) is 9.13. The molecule has 4 rings (SSSR count). The van der Waals surface area contributed by atoms with Crippen molar-refractivity contribution in [2.45, 2.75) is 6.10 Å². The number of amides is 1. The van der Waals surface area contributed by atoms with Crippen molar-refractivity contribution in [1.82, 2.24) is 19.9 Å². The monoisotopic (exact) mass is 349 g/mol. The molecular weight excluding hydrogens is 330 g/mol. The van der Waals surface area contributed by atoms with Crippen LogP contribution in [0.4, 0.5) is 5.69 Å². The number of benzene rings is 1. The molecule has 7 nitrogen and oxygen atoms in total. The SMILES string of the molecule is O=C(c1ccc2nccnc2c1)N1CCN(c2ccncc2)C[C@H](O)C1. The molecule has 1 N–H and O–H groups in total. The molecule has 0 unspecified atom stereocenters. The first-order valence-corrected chi connectivity index (χ1v) is 8.54. The van der Waals surface area contributed by atoms with Gasteiger partial charge in [-0.2, -0.15) is 0 Å². The number of hydrogen-bond donors (Lipinski definition) is 1. The average molecular weight is 349 g/mol. The first kappa shape index (κ1) is 16.4. The summed E-state index contributed by atoms with van der Waals surface area (Å²) in [5.74, 6) is -0.104. The van der Waals surface area contributed by atoms with Crippen LogP contribution in [0.25, 0.3) is 11.0 Å². The Labute approximate surface area is 150 Å². The van der Waals surface area contributed by atoms with E-state index in [1.807, 2.05) is 12.1 Å². The van der Waals surface area contributed by atoms with E-state index in [1.165, 1.54) is 0 Å². The molecule has 1 aliphatic rings. The summed E-state index contributed by atoms with van der Waals surface area (Å²) in [4.78, 5) is 29.2. The van der Waals surface area contributed by atoms with Gasteiger partial charge in [-0.3, -0.25) is 19.7 Å². The summed E-state index contributed by atoms with van der Waals surface area (Å²) in [5, 5.41) is 10.4.